The van der Waals surface area contributed by atoms with Gasteiger partial charge in [0.15, 0.2) is 0 Å². The molecule has 2 N–H and O–H groups in total. The summed E-state index contributed by atoms with van der Waals surface area (Å²) in [6.45, 7) is 1.77. The second-order valence-electron chi connectivity index (χ2n) is 5.07. The van der Waals surface area contributed by atoms with Crippen LogP contribution in [0.15, 0.2) is 36.4 Å². The van der Waals surface area contributed by atoms with Crippen LogP contribution in [0.25, 0.3) is 0 Å². The van der Waals surface area contributed by atoms with Crippen molar-refractivity contribution >= 4 is 23.4 Å². The average Bonchev–Trinajstić information content (AvgIpc) is 2.53. The highest BCUT2D eigenvalue weighted by Gasteiger charge is 2.15. The monoisotopic (exact) mass is 352 g/mol. The number of benzene rings is 2. The molecule has 0 bridgehead atoms. The summed E-state index contributed by atoms with van der Waals surface area (Å²) >= 11 is 5.79. The Kier molecular flexibility index (Phi) is 5.87. The molecule has 0 unspecified atom stereocenters. The van der Waals surface area contributed by atoms with Crippen LogP contribution in [-0.2, 0) is 0 Å². The summed E-state index contributed by atoms with van der Waals surface area (Å²) < 4.78 is 27.0. The molecule has 2 aromatic carbocycles. The molecular weight excluding hydrogens is 338 g/mol. The van der Waals surface area contributed by atoms with E-state index in [-0.39, 0.29) is 29.2 Å². The number of halogens is 3. The van der Waals surface area contributed by atoms with Crippen LogP contribution in [0.2, 0.25) is 5.02 Å². The fourth-order valence-electron chi connectivity index (χ4n) is 1.99. The number of carbonyl (C=O) groups is 2. The molecule has 24 heavy (non-hydrogen) atoms. The Labute approximate surface area is 142 Å². The first-order chi connectivity index (χ1) is 11.4. The van der Waals surface area contributed by atoms with Gasteiger partial charge in [0.25, 0.3) is 11.8 Å². The number of nitrogens with one attached hydrogen (secondary N) is 2. The van der Waals surface area contributed by atoms with E-state index in [2.05, 4.69) is 10.6 Å². The third-order valence-electron chi connectivity index (χ3n) is 3.32. The highest BCUT2D eigenvalue weighted by atomic mass is 35.5. The minimum atomic E-state index is -0.723. The van der Waals surface area contributed by atoms with Gasteiger partial charge in [0.05, 0.1) is 10.6 Å². The summed E-state index contributed by atoms with van der Waals surface area (Å²) in [6, 6.07) is 8.09. The minimum Gasteiger partial charge on any atom is -0.350 e. The van der Waals surface area contributed by atoms with Crippen molar-refractivity contribution in [2.24, 2.45) is 0 Å². The summed E-state index contributed by atoms with van der Waals surface area (Å²) in [6.07, 6.45) is 0. The Morgan fingerprint density at radius 1 is 1.00 bits per heavy atom. The topological polar surface area (TPSA) is 58.2 Å². The predicted octanol–water partition coefficient (Wildman–Crippen LogP) is 3.09. The Morgan fingerprint density at radius 2 is 1.67 bits per heavy atom. The quantitative estimate of drug-likeness (QED) is 0.812. The second-order valence-corrected chi connectivity index (χ2v) is 5.48. The van der Waals surface area contributed by atoms with Crippen LogP contribution in [0.3, 0.4) is 0 Å². The zero-order chi connectivity index (χ0) is 17.7. The van der Waals surface area contributed by atoms with E-state index in [0.717, 1.165) is 12.1 Å². The molecular formula is C17H15ClF2N2O2. The summed E-state index contributed by atoms with van der Waals surface area (Å²) in [7, 11) is 0. The Hall–Kier alpha value is -2.47. The Balaban J connectivity index is 1.85. The number of rotatable bonds is 5. The fourth-order valence-corrected chi connectivity index (χ4v) is 2.24. The van der Waals surface area contributed by atoms with Gasteiger partial charge >= 0.3 is 0 Å². The lowest BCUT2D eigenvalue weighted by molar-refractivity contribution is 0.0925. The number of hydrogen-bond acceptors (Lipinski definition) is 2. The molecule has 0 aliphatic rings. The molecule has 4 nitrogen and oxygen atoms in total. The van der Waals surface area contributed by atoms with E-state index in [1.165, 1.54) is 24.3 Å². The lowest BCUT2D eigenvalue weighted by Gasteiger charge is -2.09. The summed E-state index contributed by atoms with van der Waals surface area (Å²) in [5.41, 5.74) is 0.383. The van der Waals surface area contributed by atoms with Gasteiger partial charge in [0.1, 0.15) is 11.6 Å². The van der Waals surface area contributed by atoms with Crippen molar-refractivity contribution in [2.75, 3.05) is 13.1 Å². The van der Waals surface area contributed by atoms with Crippen molar-refractivity contribution in [1.29, 1.82) is 0 Å². The molecule has 0 aliphatic heterocycles. The largest absolute Gasteiger partial charge is 0.350 e. The number of amides is 2. The summed E-state index contributed by atoms with van der Waals surface area (Å²) in [5, 5.41) is 5.00. The highest BCUT2D eigenvalue weighted by molar-refractivity contribution is 6.33. The van der Waals surface area contributed by atoms with Crippen LogP contribution in [0.1, 0.15) is 26.3 Å². The zero-order valence-electron chi connectivity index (χ0n) is 12.8. The fraction of sp³-hybridized carbons (Fsp3) is 0.176. The maximum atomic E-state index is 13.6. The SMILES string of the molecule is Cc1ccc(C(=O)NCCNC(=O)c2c(F)cccc2Cl)cc1F. The summed E-state index contributed by atoms with van der Waals surface area (Å²) in [5.74, 6) is -2.33. The molecule has 0 radical (unpaired) electrons. The van der Waals surface area contributed by atoms with Gasteiger partial charge in [-0.2, -0.15) is 0 Å². The van der Waals surface area contributed by atoms with Crippen molar-refractivity contribution in [3.63, 3.8) is 0 Å². The molecule has 0 saturated heterocycles. The van der Waals surface area contributed by atoms with Gasteiger partial charge in [-0.1, -0.05) is 23.7 Å². The molecule has 2 rings (SSSR count). The predicted molar refractivity (Wildman–Crippen MR) is 87.2 cm³/mol. The second kappa shape index (κ2) is 7.88. The van der Waals surface area contributed by atoms with Crippen LogP contribution in [0, 0.1) is 18.6 Å². The molecule has 2 aromatic rings. The maximum Gasteiger partial charge on any atom is 0.255 e. The highest BCUT2D eigenvalue weighted by Crippen LogP contribution is 2.18. The minimum absolute atomic E-state index is 0.00617. The number of aryl methyl sites for hydroxylation is 1. The van der Waals surface area contributed by atoms with Gasteiger partial charge < -0.3 is 10.6 Å². The average molecular weight is 353 g/mol. The first kappa shape index (κ1) is 17.9. The lowest BCUT2D eigenvalue weighted by Crippen LogP contribution is -2.35. The van der Waals surface area contributed by atoms with Gasteiger partial charge in [-0.05, 0) is 36.8 Å². The Morgan fingerprint density at radius 3 is 2.29 bits per heavy atom. The molecule has 126 valence electrons. The van der Waals surface area contributed by atoms with Crippen LogP contribution in [0.5, 0.6) is 0 Å². The standard InChI is InChI=1S/C17H15ClF2N2O2/c1-10-5-6-11(9-14(10)20)16(23)21-7-8-22-17(24)15-12(18)3-2-4-13(15)19/h2-6,9H,7-8H2,1H3,(H,21,23)(H,22,24). The molecule has 0 aromatic heterocycles. The third-order valence-corrected chi connectivity index (χ3v) is 3.63. The van der Waals surface area contributed by atoms with E-state index in [1.807, 2.05) is 0 Å². The molecule has 2 amide bonds. The van der Waals surface area contributed by atoms with E-state index in [0.29, 0.717) is 5.56 Å². The molecule has 0 aliphatic carbocycles. The third kappa shape index (κ3) is 4.29. The van der Waals surface area contributed by atoms with Crippen molar-refractivity contribution < 1.29 is 18.4 Å². The summed E-state index contributed by atoms with van der Waals surface area (Å²) in [4.78, 5) is 23.7. The molecule has 7 heteroatoms. The smallest absolute Gasteiger partial charge is 0.255 e. The Bertz CT molecular complexity index is 761. The van der Waals surface area contributed by atoms with E-state index in [4.69, 9.17) is 11.6 Å². The van der Waals surface area contributed by atoms with Gasteiger partial charge in [-0.15, -0.1) is 0 Å². The van der Waals surface area contributed by atoms with E-state index >= 15 is 0 Å². The van der Waals surface area contributed by atoms with Crippen molar-refractivity contribution in [3.05, 3.63) is 69.7 Å². The zero-order valence-corrected chi connectivity index (χ0v) is 13.6. The normalized spacial score (nSPS) is 10.3. The van der Waals surface area contributed by atoms with Gasteiger partial charge in [0, 0.05) is 18.7 Å². The molecule has 0 fully saturated rings. The molecule has 0 spiro atoms. The molecule has 0 saturated carbocycles. The number of hydrogen-bond donors (Lipinski definition) is 2. The van der Waals surface area contributed by atoms with Crippen molar-refractivity contribution in [2.45, 2.75) is 6.92 Å². The van der Waals surface area contributed by atoms with E-state index in [1.54, 1.807) is 6.92 Å². The van der Waals surface area contributed by atoms with Crippen LogP contribution in [0.4, 0.5) is 8.78 Å². The van der Waals surface area contributed by atoms with Gasteiger partial charge in [-0.25, -0.2) is 8.78 Å². The first-order valence-corrected chi connectivity index (χ1v) is 7.54. The first-order valence-electron chi connectivity index (χ1n) is 7.16. The molecule has 0 heterocycles. The molecule has 0 atom stereocenters. The van der Waals surface area contributed by atoms with E-state index in [9.17, 15) is 18.4 Å². The van der Waals surface area contributed by atoms with Crippen molar-refractivity contribution in [1.82, 2.24) is 10.6 Å². The van der Waals surface area contributed by atoms with E-state index < -0.39 is 23.4 Å². The number of carbonyl (C=O) groups excluding carboxylic acids is 2. The van der Waals surface area contributed by atoms with Crippen LogP contribution >= 0.6 is 11.6 Å². The maximum absolute atomic E-state index is 13.6. The lowest BCUT2D eigenvalue weighted by atomic mass is 10.1. The van der Waals surface area contributed by atoms with Crippen LogP contribution < -0.4 is 10.6 Å². The van der Waals surface area contributed by atoms with Gasteiger partial charge in [-0.3, -0.25) is 9.59 Å². The van der Waals surface area contributed by atoms with Gasteiger partial charge in [0.2, 0.25) is 0 Å². The van der Waals surface area contributed by atoms with Crippen molar-refractivity contribution in [3.8, 4) is 0 Å². The van der Waals surface area contributed by atoms with Crippen LogP contribution in [-0.4, -0.2) is 24.9 Å².